The molecule has 0 amide bonds. The Hall–Kier alpha value is -1.47. The summed E-state index contributed by atoms with van der Waals surface area (Å²) in [6.45, 7) is 2.06. The van der Waals surface area contributed by atoms with Gasteiger partial charge in [0.25, 0.3) is 0 Å². The van der Waals surface area contributed by atoms with Gasteiger partial charge in [-0.1, -0.05) is 42.5 Å². The van der Waals surface area contributed by atoms with Gasteiger partial charge >= 0.3 is 0 Å². The molecule has 3 rings (SSSR count). The second-order valence-corrected chi connectivity index (χ2v) is 6.05. The van der Waals surface area contributed by atoms with E-state index in [1.807, 2.05) is 6.07 Å². The molecule has 1 unspecified atom stereocenters. The summed E-state index contributed by atoms with van der Waals surface area (Å²) in [7, 11) is 1.70. The number of alkyl halides is 1. The molecule has 1 saturated carbocycles. The van der Waals surface area contributed by atoms with Crippen LogP contribution in [0, 0.1) is 6.92 Å². The van der Waals surface area contributed by atoms with Crippen LogP contribution in [-0.4, -0.2) is 7.11 Å². The lowest BCUT2D eigenvalue weighted by molar-refractivity contribution is 0.411. The third-order valence-corrected chi connectivity index (χ3v) is 5.00. The maximum atomic E-state index is 6.82. The van der Waals surface area contributed by atoms with Crippen molar-refractivity contribution in [3.05, 3.63) is 65.2 Å². The summed E-state index contributed by atoms with van der Waals surface area (Å²) >= 11 is 6.82. The highest BCUT2D eigenvalue weighted by Crippen LogP contribution is 2.59. The topological polar surface area (TPSA) is 9.23 Å². The SMILES string of the molecule is COc1ccc(C(Cl)C2(c3ccccc3)CC2)cc1C. The quantitative estimate of drug-likeness (QED) is 0.718. The van der Waals surface area contributed by atoms with Crippen LogP contribution in [0.5, 0.6) is 5.75 Å². The lowest BCUT2D eigenvalue weighted by atomic mass is 9.88. The van der Waals surface area contributed by atoms with E-state index < -0.39 is 0 Å². The van der Waals surface area contributed by atoms with Crippen LogP contribution >= 0.6 is 11.6 Å². The fourth-order valence-corrected chi connectivity index (χ4v) is 3.45. The third-order valence-electron chi connectivity index (χ3n) is 4.33. The Morgan fingerprint density at radius 3 is 2.35 bits per heavy atom. The number of halogens is 1. The fraction of sp³-hybridized carbons (Fsp3) is 0.333. The number of aryl methyl sites for hydroxylation is 1. The molecule has 0 bridgehead atoms. The van der Waals surface area contributed by atoms with Gasteiger partial charge in [0.1, 0.15) is 5.75 Å². The van der Waals surface area contributed by atoms with E-state index in [-0.39, 0.29) is 10.8 Å². The molecule has 2 heteroatoms. The average molecular weight is 287 g/mol. The summed E-state index contributed by atoms with van der Waals surface area (Å²) in [5.74, 6) is 0.919. The third kappa shape index (κ3) is 2.20. The molecule has 104 valence electrons. The van der Waals surface area contributed by atoms with Gasteiger partial charge in [-0.2, -0.15) is 0 Å². The van der Waals surface area contributed by atoms with Crippen LogP contribution in [0.1, 0.15) is 34.9 Å². The molecular formula is C18H19ClO. The standard InChI is InChI=1S/C18H19ClO/c1-13-12-14(8-9-16(13)20-2)17(19)18(10-11-18)15-6-4-3-5-7-15/h3-9,12,17H,10-11H2,1-2H3. The molecule has 20 heavy (non-hydrogen) atoms. The zero-order valence-electron chi connectivity index (χ0n) is 11.9. The molecule has 2 aromatic rings. The number of hydrogen-bond acceptors (Lipinski definition) is 1. The van der Waals surface area contributed by atoms with Gasteiger partial charge in [-0.3, -0.25) is 0 Å². The van der Waals surface area contributed by atoms with Crippen LogP contribution in [0.15, 0.2) is 48.5 Å². The molecule has 1 atom stereocenters. The molecule has 1 aliphatic rings. The largest absolute Gasteiger partial charge is 0.496 e. The molecule has 0 heterocycles. The van der Waals surface area contributed by atoms with Crippen LogP contribution in [-0.2, 0) is 5.41 Å². The maximum Gasteiger partial charge on any atom is 0.121 e. The Morgan fingerprint density at radius 1 is 1.10 bits per heavy atom. The summed E-state index contributed by atoms with van der Waals surface area (Å²) < 4.78 is 5.32. The van der Waals surface area contributed by atoms with E-state index in [0.717, 1.165) is 24.2 Å². The lowest BCUT2D eigenvalue weighted by Gasteiger charge is -2.23. The molecule has 0 aromatic heterocycles. The summed E-state index contributed by atoms with van der Waals surface area (Å²) in [5, 5.41) is 0.0227. The first-order valence-electron chi connectivity index (χ1n) is 7.01. The van der Waals surface area contributed by atoms with Crippen LogP contribution < -0.4 is 4.74 Å². The number of hydrogen-bond donors (Lipinski definition) is 0. The Kier molecular flexibility index (Phi) is 3.47. The monoisotopic (exact) mass is 286 g/mol. The van der Waals surface area contributed by atoms with Gasteiger partial charge in [0, 0.05) is 5.41 Å². The number of ether oxygens (including phenoxy) is 1. The van der Waals surface area contributed by atoms with Crippen LogP contribution in [0.3, 0.4) is 0 Å². The summed E-state index contributed by atoms with van der Waals surface area (Å²) in [4.78, 5) is 0. The minimum Gasteiger partial charge on any atom is -0.496 e. The van der Waals surface area contributed by atoms with Crippen molar-refractivity contribution in [2.45, 2.75) is 30.6 Å². The normalized spacial score (nSPS) is 17.6. The van der Waals surface area contributed by atoms with Crippen molar-refractivity contribution < 1.29 is 4.74 Å². The van der Waals surface area contributed by atoms with Gasteiger partial charge in [0.05, 0.1) is 12.5 Å². The van der Waals surface area contributed by atoms with E-state index in [1.165, 1.54) is 11.1 Å². The molecule has 0 radical (unpaired) electrons. The highest BCUT2D eigenvalue weighted by Gasteiger charge is 2.50. The van der Waals surface area contributed by atoms with Crippen LogP contribution in [0.4, 0.5) is 0 Å². The van der Waals surface area contributed by atoms with Gasteiger partial charge in [0.2, 0.25) is 0 Å². The van der Waals surface area contributed by atoms with Crippen molar-refractivity contribution in [1.82, 2.24) is 0 Å². The van der Waals surface area contributed by atoms with Crippen molar-refractivity contribution in [2.24, 2.45) is 0 Å². The molecule has 0 spiro atoms. The number of methoxy groups -OCH3 is 1. The van der Waals surface area contributed by atoms with Crippen molar-refractivity contribution in [3.63, 3.8) is 0 Å². The zero-order chi connectivity index (χ0) is 14.2. The highest BCUT2D eigenvalue weighted by atomic mass is 35.5. The molecular weight excluding hydrogens is 268 g/mol. The fourth-order valence-electron chi connectivity index (χ4n) is 2.97. The molecule has 1 nitrogen and oxygen atoms in total. The predicted molar refractivity (Wildman–Crippen MR) is 83.7 cm³/mol. The highest BCUT2D eigenvalue weighted by molar-refractivity contribution is 6.22. The minimum atomic E-state index is 0.0227. The molecule has 1 fully saturated rings. The summed E-state index contributed by atoms with van der Waals surface area (Å²) in [6.07, 6.45) is 2.33. The average Bonchev–Trinajstić information content (AvgIpc) is 3.29. The van der Waals surface area contributed by atoms with Gasteiger partial charge in [-0.15, -0.1) is 11.6 Å². The van der Waals surface area contributed by atoms with Gasteiger partial charge in [-0.05, 0) is 42.5 Å². The van der Waals surface area contributed by atoms with E-state index in [4.69, 9.17) is 16.3 Å². The minimum absolute atomic E-state index is 0.0227. The molecule has 0 aliphatic heterocycles. The van der Waals surface area contributed by atoms with Gasteiger partial charge in [0.15, 0.2) is 0 Å². The van der Waals surface area contributed by atoms with E-state index in [2.05, 4.69) is 49.4 Å². The number of benzene rings is 2. The predicted octanol–water partition coefficient (Wildman–Crippen LogP) is 5.02. The van der Waals surface area contributed by atoms with Crippen LogP contribution in [0.25, 0.3) is 0 Å². The summed E-state index contributed by atoms with van der Waals surface area (Å²) in [5.41, 5.74) is 3.79. The Morgan fingerprint density at radius 2 is 1.80 bits per heavy atom. The summed E-state index contributed by atoms with van der Waals surface area (Å²) in [6, 6.07) is 16.9. The maximum absolute atomic E-state index is 6.82. The van der Waals surface area contributed by atoms with E-state index in [9.17, 15) is 0 Å². The second-order valence-electron chi connectivity index (χ2n) is 5.61. The van der Waals surface area contributed by atoms with Gasteiger partial charge in [-0.25, -0.2) is 0 Å². The zero-order valence-corrected chi connectivity index (χ0v) is 12.7. The smallest absolute Gasteiger partial charge is 0.121 e. The molecule has 0 saturated heterocycles. The first kappa shape index (κ1) is 13.5. The lowest BCUT2D eigenvalue weighted by Crippen LogP contribution is -2.14. The molecule has 2 aromatic carbocycles. The molecule has 0 N–H and O–H groups in total. The van der Waals surface area contributed by atoms with Crippen molar-refractivity contribution in [2.75, 3.05) is 7.11 Å². The van der Waals surface area contributed by atoms with Gasteiger partial charge < -0.3 is 4.74 Å². The first-order chi connectivity index (χ1) is 9.67. The van der Waals surface area contributed by atoms with E-state index >= 15 is 0 Å². The Bertz CT molecular complexity index is 602. The van der Waals surface area contributed by atoms with Crippen molar-refractivity contribution >= 4 is 11.6 Å². The van der Waals surface area contributed by atoms with E-state index in [1.54, 1.807) is 7.11 Å². The Labute approximate surface area is 125 Å². The number of rotatable bonds is 4. The second kappa shape index (κ2) is 5.14. The Balaban J connectivity index is 1.93. The van der Waals surface area contributed by atoms with Crippen molar-refractivity contribution in [1.29, 1.82) is 0 Å². The molecule has 1 aliphatic carbocycles. The van der Waals surface area contributed by atoms with Crippen molar-refractivity contribution in [3.8, 4) is 5.75 Å². The van der Waals surface area contributed by atoms with E-state index in [0.29, 0.717) is 0 Å². The first-order valence-corrected chi connectivity index (χ1v) is 7.45. The van der Waals surface area contributed by atoms with Crippen LogP contribution in [0.2, 0.25) is 0 Å².